The standard InChI is InChI=1S/C13H21BrN2S/c1-8(10-3-4-10)7-16-12(6-15)13-5-11(14)9(2)17-13/h5,8,10,12,16H,3-4,6-7,15H2,1-2H3. The van der Waals surface area contributed by atoms with Gasteiger partial charge in [-0.25, -0.2) is 0 Å². The van der Waals surface area contributed by atoms with Crippen molar-refractivity contribution in [1.82, 2.24) is 5.32 Å². The third-order valence-electron chi connectivity index (χ3n) is 3.57. The summed E-state index contributed by atoms with van der Waals surface area (Å²) in [4.78, 5) is 2.68. The number of rotatable bonds is 6. The monoisotopic (exact) mass is 316 g/mol. The lowest BCUT2D eigenvalue weighted by atomic mass is 10.1. The summed E-state index contributed by atoms with van der Waals surface area (Å²) in [6.45, 7) is 6.23. The maximum absolute atomic E-state index is 5.87. The number of halogens is 1. The fraction of sp³-hybridized carbons (Fsp3) is 0.692. The minimum Gasteiger partial charge on any atom is -0.329 e. The number of aryl methyl sites for hydroxylation is 1. The van der Waals surface area contributed by atoms with Crippen LogP contribution in [0.4, 0.5) is 0 Å². The zero-order chi connectivity index (χ0) is 12.4. The van der Waals surface area contributed by atoms with Crippen LogP contribution in [0.1, 0.15) is 35.6 Å². The molecule has 1 aliphatic rings. The predicted molar refractivity (Wildman–Crippen MR) is 78.4 cm³/mol. The first-order chi connectivity index (χ1) is 8.11. The van der Waals surface area contributed by atoms with E-state index in [1.165, 1.54) is 27.1 Å². The normalized spacial score (nSPS) is 19.3. The van der Waals surface area contributed by atoms with Crippen LogP contribution >= 0.6 is 27.3 Å². The molecule has 1 aliphatic carbocycles. The van der Waals surface area contributed by atoms with Crippen molar-refractivity contribution in [2.75, 3.05) is 13.1 Å². The van der Waals surface area contributed by atoms with Crippen molar-refractivity contribution in [1.29, 1.82) is 0 Å². The van der Waals surface area contributed by atoms with E-state index in [1.54, 1.807) is 0 Å². The van der Waals surface area contributed by atoms with Crippen LogP contribution in [0.15, 0.2) is 10.5 Å². The highest BCUT2D eigenvalue weighted by atomic mass is 79.9. The Morgan fingerprint density at radius 3 is 2.76 bits per heavy atom. The summed E-state index contributed by atoms with van der Waals surface area (Å²) >= 11 is 5.40. The van der Waals surface area contributed by atoms with Crippen LogP contribution in [0, 0.1) is 18.8 Å². The van der Waals surface area contributed by atoms with E-state index < -0.39 is 0 Å². The highest BCUT2D eigenvalue weighted by Crippen LogP contribution is 2.36. The SMILES string of the molecule is Cc1sc(C(CN)NCC(C)C2CC2)cc1Br. The maximum atomic E-state index is 5.87. The molecule has 3 N–H and O–H groups in total. The quantitative estimate of drug-likeness (QED) is 0.843. The maximum Gasteiger partial charge on any atom is 0.0539 e. The fourth-order valence-corrected chi connectivity index (χ4v) is 3.76. The van der Waals surface area contributed by atoms with Crippen LogP contribution in [0.2, 0.25) is 0 Å². The molecule has 1 aromatic rings. The second kappa shape index (κ2) is 5.83. The molecule has 2 nitrogen and oxygen atoms in total. The molecule has 0 aromatic carbocycles. The van der Waals surface area contributed by atoms with Gasteiger partial charge in [0.1, 0.15) is 0 Å². The summed E-state index contributed by atoms with van der Waals surface area (Å²) in [6, 6.07) is 2.51. The van der Waals surface area contributed by atoms with Crippen molar-refractivity contribution in [2.45, 2.75) is 32.7 Å². The van der Waals surface area contributed by atoms with Gasteiger partial charge >= 0.3 is 0 Å². The molecule has 96 valence electrons. The Morgan fingerprint density at radius 2 is 2.29 bits per heavy atom. The molecule has 2 unspecified atom stereocenters. The second-order valence-corrected chi connectivity index (χ2v) is 7.21. The first-order valence-corrected chi connectivity index (χ1v) is 7.92. The zero-order valence-electron chi connectivity index (χ0n) is 10.5. The number of hydrogen-bond acceptors (Lipinski definition) is 3. The average molecular weight is 317 g/mol. The van der Waals surface area contributed by atoms with E-state index >= 15 is 0 Å². The van der Waals surface area contributed by atoms with E-state index in [0.29, 0.717) is 12.6 Å². The molecule has 0 saturated heterocycles. The highest BCUT2D eigenvalue weighted by Gasteiger charge is 2.28. The molecule has 0 aliphatic heterocycles. The van der Waals surface area contributed by atoms with Gasteiger partial charge in [0.25, 0.3) is 0 Å². The lowest BCUT2D eigenvalue weighted by Gasteiger charge is -2.18. The molecule has 0 spiro atoms. The molecule has 2 rings (SSSR count). The minimum absolute atomic E-state index is 0.311. The van der Waals surface area contributed by atoms with Crippen molar-refractivity contribution in [3.63, 3.8) is 0 Å². The third-order valence-corrected chi connectivity index (χ3v) is 5.82. The molecule has 2 atom stereocenters. The summed E-state index contributed by atoms with van der Waals surface area (Å²) in [5.41, 5.74) is 5.87. The number of thiophene rings is 1. The summed E-state index contributed by atoms with van der Waals surface area (Å²) < 4.78 is 1.20. The lowest BCUT2D eigenvalue weighted by molar-refractivity contribution is 0.425. The van der Waals surface area contributed by atoms with Gasteiger partial charge in [0.15, 0.2) is 0 Å². The lowest BCUT2D eigenvalue weighted by Crippen LogP contribution is -2.31. The van der Waals surface area contributed by atoms with Gasteiger partial charge in [0.2, 0.25) is 0 Å². The minimum atomic E-state index is 0.311. The molecule has 0 amide bonds. The molecule has 1 heterocycles. The topological polar surface area (TPSA) is 38.0 Å². The van der Waals surface area contributed by atoms with Gasteiger partial charge < -0.3 is 11.1 Å². The number of hydrogen-bond donors (Lipinski definition) is 2. The molecule has 1 aromatic heterocycles. The molecular weight excluding hydrogens is 296 g/mol. The predicted octanol–water partition coefficient (Wildman–Crippen LogP) is 3.45. The van der Waals surface area contributed by atoms with Crippen LogP contribution in [0.3, 0.4) is 0 Å². The largest absolute Gasteiger partial charge is 0.329 e. The first kappa shape index (κ1) is 13.5. The average Bonchev–Trinajstić information content (AvgIpc) is 3.08. The molecule has 4 heteroatoms. The summed E-state index contributed by atoms with van der Waals surface area (Å²) in [5.74, 6) is 1.74. The van der Waals surface area contributed by atoms with Crippen molar-refractivity contribution < 1.29 is 0 Å². The molecule has 17 heavy (non-hydrogen) atoms. The third kappa shape index (κ3) is 3.53. The Labute approximate surface area is 116 Å². The van der Waals surface area contributed by atoms with Gasteiger partial charge in [-0.05, 0) is 60.1 Å². The van der Waals surface area contributed by atoms with Crippen molar-refractivity contribution in [3.05, 3.63) is 20.3 Å². The van der Waals surface area contributed by atoms with Crippen LogP contribution in [-0.2, 0) is 0 Å². The van der Waals surface area contributed by atoms with E-state index in [9.17, 15) is 0 Å². The van der Waals surface area contributed by atoms with E-state index in [-0.39, 0.29) is 0 Å². The van der Waals surface area contributed by atoms with E-state index in [4.69, 9.17) is 5.73 Å². The van der Waals surface area contributed by atoms with E-state index in [0.717, 1.165) is 18.4 Å². The molecular formula is C13H21BrN2S. The second-order valence-electron chi connectivity index (χ2n) is 5.06. The van der Waals surface area contributed by atoms with Gasteiger partial charge in [-0.3, -0.25) is 0 Å². The van der Waals surface area contributed by atoms with E-state index in [1.807, 2.05) is 11.3 Å². The van der Waals surface area contributed by atoms with Gasteiger partial charge in [-0.1, -0.05) is 6.92 Å². The van der Waals surface area contributed by atoms with Crippen LogP contribution in [0.25, 0.3) is 0 Å². The van der Waals surface area contributed by atoms with Gasteiger partial charge in [-0.15, -0.1) is 11.3 Å². The zero-order valence-corrected chi connectivity index (χ0v) is 12.9. The Morgan fingerprint density at radius 1 is 1.59 bits per heavy atom. The highest BCUT2D eigenvalue weighted by molar-refractivity contribution is 9.10. The molecule has 0 radical (unpaired) electrons. The first-order valence-electron chi connectivity index (χ1n) is 6.31. The molecule has 1 fully saturated rings. The number of nitrogens with one attached hydrogen (secondary N) is 1. The fourth-order valence-electron chi connectivity index (χ4n) is 2.11. The smallest absolute Gasteiger partial charge is 0.0539 e. The summed E-state index contributed by atoms with van der Waals surface area (Å²) in [6.07, 6.45) is 2.83. The Hall–Kier alpha value is 0.100. The van der Waals surface area contributed by atoms with Crippen LogP contribution in [0.5, 0.6) is 0 Å². The molecule has 0 bridgehead atoms. The Balaban J connectivity index is 1.91. The van der Waals surface area contributed by atoms with Crippen molar-refractivity contribution in [3.8, 4) is 0 Å². The van der Waals surface area contributed by atoms with Crippen LogP contribution < -0.4 is 11.1 Å². The van der Waals surface area contributed by atoms with Crippen LogP contribution in [-0.4, -0.2) is 13.1 Å². The Bertz CT molecular complexity index is 354. The molecule has 1 saturated carbocycles. The van der Waals surface area contributed by atoms with Gasteiger partial charge in [0.05, 0.1) is 6.04 Å². The van der Waals surface area contributed by atoms with Crippen molar-refractivity contribution >= 4 is 27.3 Å². The summed E-state index contributed by atoms with van der Waals surface area (Å²) in [5, 5.41) is 3.61. The van der Waals surface area contributed by atoms with E-state index in [2.05, 4.69) is 41.2 Å². The summed E-state index contributed by atoms with van der Waals surface area (Å²) in [7, 11) is 0. The Kier molecular flexibility index (Phi) is 4.64. The van der Waals surface area contributed by atoms with Gasteiger partial charge in [0, 0.05) is 20.8 Å². The number of nitrogens with two attached hydrogens (primary N) is 1. The van der Waals surface area contributed by atoms with Crippen molar-refractivity contribution in [2.24, 2.45) is 17.6 Å². The van der Waals surface area contributed by atoms with Gasteiger partial charge in [-0.2, -0.15) is 0 Å².